The summed E-state index contributed by atoms with van der Waals surface area (Å²) in [6.07, 6.45) is 0. The van der Waals surface area contributed by atoms with Crippen molar-refractivity contribution in [3.63, 3.8) is 0 Å². The van der Waals surface area contributed by atoms with Crippen LogP contribution in [0, 0.1) is 13.8 Å². The number of piperazine rings is 1. The molecule has 0 atom stereocenters. The number of thiophene rings is 1. The summed E-state index contributed by atoms with van der Waals surface area (Å²) in [6.45, 7) is 8.73. The van der Waals surface area contributed by atoms with E-state index in [2.05, 4.69) is 50.0 Å². The Morgan fingerprint density at radius 3 is 2.59 bits per heavy atom. The lowest BCUT2D eigenvalue weighted by molar-refractivity contribution is 0.247. The first-order chi connectivity index (χ1) is 14.2. The minimum atomic E-state index is 0.804. The summed E-state index contributed by atoms with van der Waals surface area (Å²) in [4.78, 5) is 14.6. The van der Waals surface area contributed by atoms with E-state index in [1.54, 1.807) is 11.3 Å². The third-order valence-electron chi connectivity index (χ3n) is 5.60. The number of nitrogens with zero attached hydrogens (tertiary/aromatic N) is 5. The first-order valence-corrected chi connectivity index (χ1v) is 10.8. The van der Waals surface area contributed by atoms with E-state index in [9.17, 15) is 0 Å². The van der Waals surface area contributed by atoms with E-state index in [0.29, 0.717) is 0 Å². The Kier molecular flexibility index (Phi) is 4.77. The maximum Gasteiger partial charge on any atom is 0.162 e. The summed E-state index contributed by atoms with van der Waals surface area (Å²) in [5.41, 5.74) is 4.29. The molecule has 1 fully saturated rings. The van der Waals surface area contributed by atoms with Crippen molar-refractivity contribution in [2.45, 2.75) is 20.4 Å². The van der Waals surface area contributed by atoms with Gasteiger partial charge in [-0.1, -0.05) is 17.3 Å². The zero-order valence-electron chi connectivity index (χ0n) is 16.6. The highest BCUT2D eigenvalue weighted by atomic mass is 32.1. The van der Waals surface area contributed by atoms with Crippen molar-refractivity contribution in [2.24, 2.45) is 0 Å². The summed E-state index contributed by atoms with van der Waals surface area (Å²) >= 11 is 1.67. The van der Waals surface area contributed by atoms with E-state index >= 15 is 0 Å². The lowest BCUT2D eigenvalue weighted by Crippen LogP contribution is -2.46. The molecule has 0 amide bonds. The van der Waals surface area contributed by atoms with Crippen molar-refractivity contribution in [1.29, 1.82) is 0 Å². The number of benzene rings is 1. The van der Waals surface area contributed by atoms with Gasteiger partial charge in [0.05, 0.1) is 11.2 Å². The van der Waals surface area contributed by atoms with Crippen LogP contribution in [0.5, 0.6) is 0 Å². The standard InChI is InChI=1S/C22H23N5OS/c1-15-19(16(2)28-25-15)13-26-8-10-27(11-9-26)22-18-5-3-4-6-20(18)23-21(24-22)17-7-12-29-14-17/h3-7,12,14H,8-11,13H2,1-2H3. The molecule has 4 heterocycles. The molecule has 0 radical (unpaired) electrons. The maximum absolute atomic E-state index is 5.32. The predicted octanol–water partition coefficient (Wildman–Crippen LogP) is 4.29. The topological polar surface area (TPSA) is 58.3 Å². The molecule has 0 unspecified atom stereocenters. The van der Waals surface area contributed by atoms with Gasteiger partial charge >= 0.3 is 0 Å². The highest BCUT2D eigenvalue weighted by Gasteiger charge is 2.23. The number of anilines is 1. The minimum absolute atomic E-state index is 0.804. The van der Waals surface area contributed by atoms with Crippen molar-refractivity contribution in [3.05, 3.63) is 58.1 Å². The molecule has 6 nitrogen and oxygen atoms in total. The Hall–Kier alpha value is -2.77. The Balaban J connectivity index is 1.40. The van der Waals surface area contributed by atoms with Crippen LogP contribution in [0.25, 0.3) is 22.3 Å². The Morgan fingerprint density at radius 1 is 1.03 bits per heavy atom. The number of aryl methyl sites for hydroxylation is 2. The first-order valence-electron chi connectivity index (χ1n) is 9.87. The van der Waals surface area contributed by atoms with Crippen LogP contribution in [0.2, 0.25) is 0 Å². The van der Waals surface area contributed by atoms with Gasteiger partial charge in [-0.2, -0.15) is 11.3 Å². The minimum Gasteiger partial charge on any atom is -0.361 e. The number of hydrogen-bond donors (Lipinski definition) is 0. The second-order valence-electron chi connectivity index (χ2n) is 7.47. The summed E-state index contributed by atoms with van der Waals surface area (Å²) in [5, 5.41) is 9.38. The van der Waals surface area contributed by atoms with Gasteiger partial charge in [0.25, 0.3) is 0 Å². The molecular formula is C22H23N5OS. The number of fused-ring (bicyclic) bond motifs is 1. The number of hydrogen-bond acceptors (Lipinski definition) is 7. The van der Waals surface area contributed by atoms with Gasteiger partial charge in [0, 0.05) is 54.6 Å². The Bertz CT molecular complexity index is 1110. The normalized spacial score (nSPS) is 15.3. The van der Waals surface area contributed by atoms with Crippen LogP contribution in [0.4, 0.5) is 5.82 Å². The molecule has 5 rings (SSSR count). The van der Waals surface area contributed by atoms with E-state index in [1.165, 1.54) is 5.56 Å². The molecule has 3 aromatic heterocycles. The first kappa shape index (κ1) is 18.3. The van der Waals surface area contributed by atoms with Gasteiger partial charge in [0.15, 0.2) is 5.82 Å². The van der Waals surface area contributed by atoms with Gasteiger partial charge in [-0.05, 0) is 37.4 Å². The van der Waals surface area contributed by atoms with Crippen LogP contribution in [0.15, 0.2) is 45.6 Å². The van der Waals surface area contributed by atoms with Crippen LogP contribution in [0.3, 0.4) is 0 Å². The fourth-order valence-corrected chi connectivity index (χ4v) is 4.53. The van der Waals surface area contributed by atoms with Crippen LogP contribution in [0.1, 0.15) is 17.0 Å². The molecule has 29 heavy (non-hydrogen) atoms. The predicted molar refractivity (Wildman–Crippen MR) is 116 cm³/mol. The molecule has 1 aromatic carbocycles. The summed E-state index contributed by atoms with van der Waals surface area (Å²) in [6, 6.07) is 10.4. The lowest BCUT2D eigenvalue weighted by atomic mass is 10.1. The molecule has 148 valence electrons. The molecule has 0 saturated carbocycles. The molecule has 1 aliphatic heterocycles. The molecule has 4 aromatic rings. The zero-order valence-corrected chi connectivity index (χ0v) is 17.4. The SMILES string of the molecule is Cc1noc(C)c1CN1CCN(c2nc(-c3ccsc3)nc3ccccc23)CC1. The molecule has 7 heteroatoms. The zero-order chi connectivity index (χ0) is 19.8. The van der Waals surface area contributed by atoms with Crippen LogP contribution >= 0.6 is 11.3 Å². The summed E-state index contributed by atoms with van der Waals surface area (Å²) < 4.78 is 5.32. The maximum atomic E-state index is 5.32. The molecule has 0 N–H and O–H groups in total. The van der Waals surface area contributed by atoms with Crippen LogP contribution in [-0.4, -0.2) is 46.2 Å². The highest BCUT2D eigenvalue weighted by Crippen LogP contribution is 2.29. The average molecular weight is 406 g/mol. The van der Waals surface area contributed by atoms with Gasteiger partial charge in [-0.15, -0.1) is 0 Å². The van der Waals surface area contributed by atoms with Crippen LogP contribution < -0.4 is 4.90 Å². The second kappa shape index (κ2) is 7.57. The Morgan fingerprint density at radius 2 is 1.86 bits per heavy atom. The van der Waals surface area contributed by atoms with Crippen molar-refractivity contribution in [1.82, 2.24) is 20.0 Å². The molecule has 1 saturated heterocycles. The van der Waals surface area contributed by atoms with E-state index in [4.69, 9.17) is 14.5 Å². The van der Waals surface area contributed by atoms with Gasteiger partial charge in [0.1, 0.15) is 11.6 Å². The molecule has 0 bridgehead atoms. The third-order valence-corrected chi connectivity index (χ3v) is 6.28. The van der Waals surface area contributed by atoms with Crippen molar-refractivity contribution in [2.75, 3.05) is 31.1 Å². The van der Waals surface area contributed by atoms with Gasteiger partial charge < -0.3 is 9.42 Å². The van der Waals surface area contributed by atoms with E-state index in [1.807, 2.05) is 19.9 Å². The quantitative estimate of drug-likeness (QED) is 0.505. The second-order valence-corrected chi connectivity index (χ2v) is 8.25. The molecule has 0 aliphatic carbocycles. The van der Waals surface area contributed by atoms with Gasteiger partial charge in [-0.3, -0.25) is 4.90 Å². The fourth-order valence-electron chi connectivity index (χ4n) is 3.89. The molecular weight excluding hydrogens is 382 g/mol. The largest absolute Gasteiger partial charge is 0.361 e. The summed E-state index contributed by atoms with van der Waals surface area (Å²) in [7, 11) is 0. The van der Waals surface area contributed by atoms with Gasteiger partial charge in [0.2, 0.25) is 0 Å². The summed E-state index contributed by atoms with van der Waals surface area (Å²) in [5.74, 6) is 2.76. The van der Waals surface area contributed by atoms with Crippen molar-refractivity contribution < 1.29 is 4.52 Å². The Labute approximate surface area is 173 Å². The number of aromatic nitrogens is 3. The fraction of sp³-hybridized carbons (Fsp3) is 0.318. The van der Waals surface area contributed by atoms with E-state index < -0.39 is 0 Å². The van der Waals surface area contributed by atoms with Crippen molar-refractivity contribution >= 4 is 28.1 Å². The lowest BCUT2D eigenvalue weighted by Gasteiger charge is -2.35. The average Bonchev–Trinajstić information content (AvgIpc) is 3.40. The molecule has 0 spiro atoms. The number of para-hydroxylation sites is 1. The highest BCUT2D eigenvalue weighted by molar-refractivity contribution is 7.08. The monoisotopic (exact) mass is 405 g/mol. The smallest absolute Gasteiger partial charge is 0.162 e. The number of rotatable bonds is 4. The van der Waals surface area contributed by atoms with E-state index in [0.717, 1.165) is 72.3 Å². The van der Waals surface area contributed by atoms with Gasteiger partial charge in [-0.25, -0.2) is 9.97 Å². The van der Waals surface area contributed by atoms with Crippen LogP contribution in [-0.2, 0) is 6.54 Å². The molecule has 1 aliphatic rings. The third kappa shape index (κ3) is 3.52. The van der Waals surface area contributed by atoms with Crippen molar-refractivity contribution in [3.8, 4) is 11.4 Å². The van der Waals surface area contributed by atoms with E-state index in [-0.39, 0.29) is 0 Å².